The highest BCUT2D eigenvalue weighted by Gasteiger charge is 2.38. The van der Waals surface area contributed by atoms with E-state index in [1.165, 1.54) is 17.7 Å². The molecule has 0 radical (unpaired) electrons. The Morgan fingerprint density at radius 3 is 3.00 bits per heavy atom. The van der Waals surface area contributed by atoms with Gasteiger partial charge in [0.15, 0.2) is 0 Å². The molecule has 0 saturated heterocycles. The molecule has 2 rings (SSSR count). The van der Waals surface area contributed by atoms with E-state index in [2.05, 4.69) is 24.4 Å². The second-order valence-electron chi connectivity index (χ2n) is 3.81. The Morgan fingerprint density at radius 2 is 2.50 bits per heavy atom. The molecule has 2 heteroatoms. The van der Waals surface area contributed by atoms with Crippen LogP contribution in [0.5, 0.6) is 0 Å². The van der Waals surface area contributed by atoms with Gasteiger partial charge in [0.05, 0.1) is 5.54 Å². The van der Waals surface area contributed by atoms with Crippen molar-refractivity contribution in [3.8, 4) is 0 Å². The van der Waals surface area contributed by atoms with E-state index in [1.54, 1.807) is 11.3 Å². The molecule has 1 nitrogen and oxygen atoms in total. The highest BCUT2D eigenvalue weighted by atomic mass is 32.1. The van der Waals surface area contributed by atoms with Crippen LogP contribution < -0.4 is 5.73 Å². The lowest BCUT2D eigenvalue weighted by Crippen LogP contribution is -2.38. The average Bonchev–Trinajstić information content (AvgIpc) is 2.62. The zero-order chi connectivity index (χ0) is 8.60. The summed E-state index contributed by atoms with van der Waals surface area (Å²) < 4.78 is 0. The summed E-state index contributed by atoms with van der Waals surface area (Å²) in [6.45, 7) is 2.27. The predicted octanol–water partition coefficient (Wildman–Crippen LogP) is 2.72. The number of rotatable bonds is 1. The lowest BCUT2D eigenvalue weighted by atomic mass is 9.88. The predicted molar refractivity (Wildman–Crippen MR) is 53.2 cm³/mol. The van der Waals surface area contributed by atoms with Crippen molar-refractivity contribution in [1.82, 2.24) is 0 Å². The van der Waals surface area contributed by atoms with Crippen LogP contribution in [0, 0.1) is 5.92 Å². The zero-order valence-corrected chi connectivity index (χ0v) is 8.23. The molecule has 1 aromatic heterocycles. The second-order valence-corrected chi connectivity index (χ2v) is 4.76. The van der Waals surface area contributed by atoms with Crippen LogP contribution in [0.15, 0.2) is 17.5 Å². The van der Waals surface area contributed by atoms with Crippen LogP contribution >= 0.6 is 11.3 Å². The molecular weight excluding hydrogens is 166 g/mol. The average molecular weight is 181 g/mol. The summed E-state index contributed by atoms with van der Waals surface area (Å²) in [6.07, 6.45) is 3.73. The van der Waals surface area contributed by atoms with Gasteiger partial charge in [-0.2, -0.15) is 0 Å². The third kappa shape index (κ3) is 1.10. The van der Waals surface area contributed by atoms with Crippen molar-refractivity contribution in [2.75, 3.05) is 0 Å². The third-order valence-electron chi connectivity index (χ3n) is 3.09. The maximum absolute atomic E-state index is 6.38. The molecule has 2 unspecified atom stereocenters. The van der Waals surface area contributed by atoms with Crippen molar-refractivity contribution < 1.29 is 0 Å². The molecule has 0 bridgehead atoms. The van der Waals surface area contributed by atoms with Gasteiger partial charge in [-0.1, -0.05) is 19.4 Å². The molecule has 1 aromatic rings. The summed E-state index contributed by atoms with van der Waals surface area (Å²) in [7, 11) is 0. The first-order chi connectivity index (χ1) is 5.73. The van der Waals surface area contributed by atoms with E-state index in [0.717, 1.165) is 6.42 Å². The molecule has 0 spiro atoms. The standard InChI is InChI=1S/C10H15NS/c1-8-4-2-6-10(8,11)9-5-3-7-12-9/h3,5,7-8H,2,4,6,11H2,1H3. The van der Waals surface area contributed by atoms with Crippen LogP contribution in [0.1, 0.15) is 31.1 Å². The van der Waals surface area contributed by atoms with E-state index in [9.17, 15) is 0 Å². The summed E-state index contributed by atoms with van der Waals surface area (Å²) in [5.41, 5.74) is 6.37. The Morgan fingerprint density at radius 1 is 1.67 bits per heavy atom. The normalized spacial score (nSPS) is 35.7. The van der Waals surface area contributed by atoms with E-state index >= 15 is 0 Å². The SMILES string of the molecule is CC1CCCC1(N)c1cccs1. The summed E-state index contributed by atoms with van der Waals surface area (Å²) in [6, 6.07) is 4.27. The minimum Gasteiger partial charge on any atom is -0.321 e. The minimum absolute atomic E-state index is 0.00579. The molecule has 1 aliphatic carbocycles. The summed E-state index contributed by atoms with van der Waals surface area (Å²) >= 11 is 1.80. The van der Waals surface area contributed by atoms with Gasteiger partial charge in [-0.3, -0.25) is 0 Å². The van der Waals surface area contributed by atoms with Crippen molar-refractivity contribution >= 4 is 11.3 Å². The van der Waals surface area contributed by atoms with Crippen LogP contribution in [-0.4, -0.2) is 0 Å². The quantitative estimate of drug-likeness (QED) is 0.708. The summed E-state index contributed by atoms with van der Waals surface area (Å²) in [5, 5.41) is 2.12. The van der Waals surface area contributed by atoms with Crippen molar-refractivity contribution in [3.05, 3.63) is 22.4 Å². The number of hydrogen-bond donors (Lipinski definition) is 1. The maximum atomic E-state index is 6.38. The smallest absolute Gasteiger partial charge is 0.0529 e. The van der Waals surface area contributed by atoms with Gasteiger partial charge in [0.2, 0.25) is 0 Å². The molecule has 2 N–H and O–H groups in total. The Kier molecular flexibility index (Phi) is 1.97. The Hall–Kier alpha value is -0.340. The molecule has 1 fully saturated rings. The Bertz CT molecular complexity index is 255. The molecule has 1 heterocycles. The van der Waals surface area contributed by atoms with Gasteiger partial charge in [-0.05, 0) is 30.2 Å². The lowest BCUT2D eigenvalue weighted by molar-refractivity contribution is 0.356. The highest BCUT2D eigenvalue weighted by Crippen LogP contribution is 2.42. The highest BCUT2D eigenvalue weighted by molar-refractivity contribution is 7.10. The molecule has 1 aliphatic rings. The third-order valence-corrected chi connectivity index (χ3v) is 4.15. The van der Waals surface area contributed by atoms with Gasteiger partial charge in [0, 0.05) is 4.88 Å². The first-order valence-electron chi connectivity index (χ1n) is 4.56. The van der Waals surface area contributed by atoms with Gasteiger partial charge < -0.3 is 5.73 Å². The van der Waals surface area contributed by atoms with Crippen molar-refractivity contribution in [2.45, 2.75) is 31.7 Å². The monoisotopic (exact) mass is 181 g/mol. The van der Waals surface area contributed by atoms with Crippen molar-refractivity contribution in [2.24, 2.45) is 11.7 Å². The fourth-order valence-corrected chi connectivity index (χ4v) is 3.10. The Labute approximate surface area is 77.6 Å². The van der Waals surface area contributed by atoms with Crippen molar-refractivity contribution in [1.29, 1.82) is 0 Å². The topological polar surface area (TPSA) is 26.0 Å². The van der Waals surface area contributed by atoms with Gasteiger partial charge in [-0.15, -0.1) is 11.3 Å². The van der Waals surface area contributed by atoms with E-state index in [-0.39, 0.29) is 5.54 Å². The number of nitrogens with two attached hydrogens (primary N) is 1. The molecule has 0 aliphatic heterocycles. The van der Waals surface area contributed by atoms with Crippen LogP contribution in [0.2, 0.25) is 0 Å². The Balaban J connectivity index is 2.32. The zero-order valence-electron chi connectivity index (χ0n) is 7.42. The van der Waals surface area contributed by atoms with Crippen LogP contribution in [-0.2, 0) is 5.54 Å². The molecule has 66 valence electrons. The summed E-state index contributed by atoms with van der Waals surface area (Å²) in [5.74, 6) is 0.649. The van der Waals surface area contributed by atoms with E-state index in [1.807, 2.05) is 0 Å². The maximum Gasteiger partial charge on any atom is 0.0529 e. The second kappa shape index (κ2) is 2.86. The molecule has 2 atom stereocenters. The van der Waals surface area contributed by atoms with Crippen LogP contribution in [0.25, 0.3) is 0 Å². The van der Waals surface area contributed by atoms with Crippen LogP contribution in [0.3, 0.4) is 0 Å². The summed E-state index contributed by atoms with van der Waals surface area (Å²) in [4.78, 5) is 1.37. The van der Waals surface area contributed by atoms with Crippen molar-refractivity contribution in [3.63, 3.8) is 0 Å². The molecular formula is C10H15NS. The molecule has 1 saturated carbocycles. The van der Waals surface area contributed by atoms with Crippen LogP contribution in [0.4, 0.5) is 0 Å². The molecule has 0 aromatic carbocycles. The van der Waals surface area contributed by atoms with E-state index < -0.39 is 0 Å². The van der Waals surface area contributed by atoms with Gasteiger partial charge in [-0.25, -0.2) is 0 Å². The first kappa shape index (κ1) is 8.27. The van der Waals surface area contributed by atoms with E-state index in [0.29, 0.717) is 5.92 Å². The molecule has 0 amide bonds. The van der Waals surface area contributed by atoms with Gasteiger partial charge in [0.25, 0.3) is 0 Å². The number of hydrogen-bond acceptors (Lipinski definition) is 2. The first-order valence-corrected chi connectivity index (χ1v) is 5.44. The fraction of sp³-hybridized carbons (Fsp3) is 0.600. The van der Waals surface area contributed by atoms with E-state index in [4.69, 9.17) is 5.73 Å². The largest absolute Gasteiger partial charge is 0.321 e. The molecule has 12 heavy (non-hydrogen) atoms. The van der Waals surface area contributed by atoms with Gasteiger partial charge in [0.1, 0.15) is 0 Å². The fourth-order valence-electron chi connectivity index (χ4n) is 2.11. The minimum atomic E-state index is -0.00579. The van der Waals surface area contributed by atoms with Gasteiger partial charge >= 0.3 is 0 Å². The lowest BCUT2D eigenvalue weighted by Gasteiger charge is -2.27. The number of thiophene rings is 1.